The molecule has 1 fully saturated rings. The summed E-state index contributed by atoms with van der Waals surface area (Å²) in [5.74, 6) is -0.622. The molecule has 1 amide bonds. The number of anilines is 1. The van der Waals surface area contributed by atoms with E-state index in [0.29, 0.717) is 35.1 Å². The Hall–Kier alpha value is -1.99. The number of esters is 1. The maximum absolute atomic E-state index is 12.0. The monoisotopic (exact) mass is 357 g/mol. The molecular formula is C16H20ClNO6. The van der Waals surface area contributed by atoms with Crippen molar-refractivity contribution < 1.29 is 28.9 Å². The van der Waals surface area contributed by atoms with E-state index < -0.39 is 24.1 Å². The quantitative estimate of drug-likeness (QED) is 0.757. The fourth-order valence-electron chi connectivity index (χ4n) is 2.57. The summed E-state index contributed by atoms with van der Waals surface area (Å²) in [6.07, 6.45) is 2.24. The lowest BCUT2D eigenvalue weighted by Crippen LogP contribution is -2.38. The zero-order chi connectivity index (χ0) is 17.7. The summed E-state index contributed by atoms with van der Waals surface area (Å²) in [6.45, 7) is -0.505. The van der Waals surface area contributed by atoms with Gasteiger partial charge in [0.2, 0.25) is 0 Å². The first-order valence-corrected chi connectivity index (χ1v) is 7.88. The van der Waals surface area contributed by atoms with Crippen molar-refractivity contribution in [3.63, 3.8) is 0 Å². The van der Waals surface area contributed by atoms with Crippen LogP contribution < -0.4 is 14.8 Å². The first-order chi connectivity index (χ1) is 11.4. The predicted octanol–water partition coefficient (Wildman–Crippen LogP) is 2.14. The molecule has 0 radical (unpaired) electrons. The lowest BCUT2D eigenvalue weighted by molar-refractivity contribution is -0.166. The van der Waals surface area contributed by atoms with Crippen molar-refractivity contribution in [2.24, 2.45) is 0 Å². The number of benzene rings is 1. The predicted molar refractivity (Wildman–Crippen MR) is 87.6 cm³/mol. The van der Waals surface area contributed by atoms with Gasteiger partial charge in [0.25, 0.3) is 5.91 Å². The van der Waals surface area contributed by atoms with Crippen molar-refractivity contribution in [1.82, 2.24) is 0 Å². The molecule has 8 heteroatoms. The Balaban J connectivity index is 1.98. The molecule has 1 aromatic carbocycles. The van der Waals surface area contributed by atoms with Crippen LogP contribution in [0.25, 0.3) is 0 Å². The third kappa shape index (κ3) is 4.10. The van der Waals surface area contributed by atoms with Crippen LogP contribution in [-0.4, -0.2) is 43.4 Å². The zero-order valence-corrected chi connectivity index (χ0v) is 14.3. The molecule has 0 aromatic heterocycles. The molecule has 0 bridgehead atoms. The first kappa shape index (κ1) is 18.4. The number of hydrogen-bond donors (Lipinski definition) is 2. The molecule has 24 heavy (non-hydrogen) atoms. The number of halogens is 1. The number of hydrogen-bond acceptors (Lipinski definition) is 6. The highest BCUT2D eigenvalue weighted by atomic mass is 35.5. The Kier molecular flexibility index (Phi) is 5.90. The largest absolute Gasteiger partial charge is 0.495 e. The summed E-state index contributed by atoms with van der Waals surface area (Å²) in [7, 11) is 2.88. The minimum Gasteiger partial charge on any atom is -0.495 e. The first-order valence-electron chi connectivity index (χ1n) is 7.50. The second-order valence-corrected chi connectivity index (χ2v) is 5.96. The van der Waals surface area contributed by atoms with Gasteiger partial charge in [-0.2, -0.15) is 0 Å². The van der Waals surface area contributed by atoms with Crippen LogP contribution >= 0.6 is 11.6 Å². The molecule has 1 aliphatic rings. The van der Waals surface area contributed by atoms with E-state index in [4.69, 9.17) is 25.8 Å². The van der Waals surface area contributed by atoms with Crippen molar-refractivity contribution >= 4 is 29.2 Å². The molecule has 132 valence electrons. The number of nitrogens with one attached hydrogen (secondary N) is 1. The van der Waals surface area contributed by atoms with Gasteiger partial charge < -0.3 is 24.6 Å². The van der Waals surface area contributed by atoms with E-state index in [0.717, 1.165) is 12.8 Å². The van der Waals surface area contributed by atoms with Crippen LogP contribution in [-0.2, 0) is 14.3 Å². The maximum Gasteiger partial charge on any atom is 0.338 e. The van der Waals surface area contributed by atoms with Gasteiger partial charge in [-0.3, -0.25) is 4.79 Å². The van der Waals surface area contributed by atoms with E-state index in [-0.39, 0.29) is 0 Å². The minimum atomic E-state index is -1.47. The molecule has 0 aliphatic heterocycles. The Morgan fingerprint density at radius 3 is 2.42 bits per heavy atom. The van der Waals surface area contributed by atoms with Crippen LogP contribution in [0.2, 0.25) is 5.02 Å². The Morgan fingerprint density at radius 2 is 1.83 bits per heavy atom. The van der Waals surface area contributed by atoms with Crippen LogP contribution in [0.15, 0.2) is 12.1 Å². The lowest BCUT2D eigenvalue weighted by Gasteiger charge is -2.19. The van der Waals surface area contributed by atoms with Gasteiger partial charge in [0.1, 0.15) is 11.5 Å². The number of carbonyl (C=O) groups is 2. The molecule has 2 rings (SSSR count). The number of rotatable bonds is 6. The van der Waals surface area contributed by atoms with Crippen molar-refractivity contribution in [3.05, 3.63) is 17.2 Å². The summed E-state index contributed by atoms with van der Waals surface area (Å²) in [5.41, 5.74) is -1.14. The third-order valence-electron chi connectivity index (χ3n) is 3.89. The molecule has 1 aromatic rings. The van der Waals surface area contributed by atoms with E-state index in [2.05, 4.69) is 5.32 Å². The molecule has 1 saturated carbocycles. The maximum atomic E-state index is 12.0. The Morgan fingerprint density at radius 1 is 1.21 bits per heavy atom. The van der Waals surface area contributed by atoms with Crippen LogP contribution in [0, 0.1) is 0 Å². The van der Waals surface area contributed by atoms with E-state index in [9.17, 15) is 14.7 Å². The molecular weight excluding hydrogens is 338 g/mol. The van der Waals surface area contributed by atoms with Crippen molar-refractivity contribution in [2.45, 2.75) is 31.3 Å². The summed E-state index contributed by atoms with van der Waals surface area (Å²) in [5, 5.41) is 13.0. The molecule has 0 heterocycles. The van der Waals surface area contributed by atoms with Crippen LogP contribution in [0.3, 0.4) is 0 Å². The molecule has 0 saturated heterocycles. The second-order valence-electron chi connectivity index (χ2n) is 5.55. The van der Waals surface area contributed by atoms with Crippen LogP contribution in [0.4, 0.5) is 5.69 Å². The van der Waals surface area contributed by atoms with Gasteiger partial charge in [0.15, 0.2) is 12.2 Å². The minimum absolute atomic E-state index is 0.333. The average Bonchev–Trinajstić information content (AvgIpc) is 3.01. The average molecular weight is 358 g/mol. The van der Waals surface area contributed by atoms with E-state index in [1.165, 1.54) is 26.4 Å². The standard InChI is InChI=1S/C16H20ClNO6/c1-22-12-8-11(13(23-2)7-10(12)17)18-14(19)9-24-15(20)16(21)5-3-4-6-16/h7-8,21H,3-6,9H2,1-2H3,(H,18,19). The number of amides is 1. The Bertz CT molecular complexity index is 627. The lowest BCUT2D eigenvalue weighted by atomic mass is 10.0. The van der Waals surface area contributed by atoms with E-state index >= 15 is 0 Å². The molecule has 0 unspecified atom stereocenters. The van der Waals surface area contributed by atoms with Crippen molar-refractivity contribution in [2.75, 3.05) is 26.1 Å². The second kappa shape index (κ2) is 7.72. The summed E-state index contributed by atoms with van der Waals surface area (Å²) < 4.78 is 15.2. The molecule has 0 atom stereocenters. The van der Waals surface area contributed by atoms with Gasteiger partial charge >= 0.3 is 5.97 Å². The fourth-order valence-corrected chi connectivity index (χ4v) is 2.80. The number of aliphatic hydroxyl groups is 1. The SMILES string of the molecule is COc1cc(NC(=O)COC(=O)C2(O)CCCC2)c(OC)cc1Cl. The highest BCUT2D eigenvalue weighted by Crippen LogP contribution is 2.36. The van der Waals surface area contributed by atoms with Crippen molar-refractivity contribution in [3.8, 4) is 11.5 Å². The fraction of sp³-hybridized carbons (Fsp3) is 0.500. The van der Waals surface area contributed by atoms with Gasteiger partial charge in [0, 0.05) is 12.1 Å². The van der Waals surface area contributed by atoms with Crippen LogP contribution in [0.5, 0.6) is 11.5 Å². The summed E-state index contributed by atoms with van der Waals surface area (Å²) in [6, 6.07) is 3.01. The van der Waals surface area contributed by atoms with E-state index in [1.807, 2.05) is 0 Å². The topological polar surface area (TPSA) is 94.1 Å². The van der Waals surface area contributed by atoms with Gasteiger partial charge in [-0.25, -0.2) is 4.79 Å². The highest BCUT2D eigenvalue weighted by Gasteiger charge is 2.40. The summed E-state index contributed by atoms with van der Waals surface area (Å²) >= 11 is 5.99. The zero-order valence-electron chi connectivity index (χ0n) is 13.6. The summed E-state index contributed by atoms with van der Waals surface area (Å²) in [4.78, 5) is 23.9. The smallest absolute Gasteiger partial charge is 0.338 e. The number of carbonyl (C=O) groups excluding carboxylic acids is 2. The highest BCUT2D eigenvalue weighted by molar-refractivity contribution is 6.32. The van der Waals surface area contributed by atoms with Crippen LogP contribution in [0.1, 0.15) is 25.7 Å². The number of methoxy groups -OCH3 is 2. The van der Waals surface area contributed by atoms with Crippen molar-refractivity contribution in [1.29, 1.82) is 0 Å². The normalized spacial score (nSPS) is 15.7. The van der Waals surface area contributed by atoms with Gasteiger partial charge in [-0.15, -0.1) is 0 Å². The molecule has 1 aliphatic carbocycles. The third-order valence-corrected chi connectivity index (χ3v) is 4.19. The molecule has 0 spiro atoms. The molecule has 2 N–H and O–H groups in total. The van der Waals surface area contributed by atoms with Gasteiger partial charge in [-0.1, -0.05) is 11.6 Å². The molecule has 7 nitrogen and oxygen atoms in total. The van der Waals surface area contributed by atoms with Gasteiger partial charge in [0.05, 0.1) is 24.9 Å². The number of ether oxygens (including phenoxy) is 3. The Labute approximate surface area is 144 Å². The van der Waals surface area contributed by atoms with Gasteiger partial charge in [-0.05, 0) is 25.7 Å². The van der Waals surface area contributed by atoms with E-state index in [1.54, 1.807) is 0 Å².